The lowest BCUT2D eigenvalue weighted by molar-refractivity contribution is 0.679. The van der Waals surface area contributed by atoms with Crippen LogP contribution in [0.3, 0.4) is 0 Å². The second-order valence-corrected chi connectivity index (χ2v) is 6.72. The third-order valence-corrected chi connectivity index (χ3v) is 4.96. The minimum atomic E-state index is 0.405. The largest absolute Gasteiger partial charge is 0.311 e. The van der Waals surface area contributed by atoms with E-state index in [0.717, 1.165) is 13.1 Å². The molecule has 0 bridgehead atoms. The molecule has 116 valence electrons. The van der Waals surface area contributed by atoms with Gasteiger partial charge in [0.2, 0.25) is 0 Å². The second kappa shape index (κ2) is 8.56. The normalized spacial score (nSPS) is 12.0. The SMILES string of the molecule is c1ccc(CNCC(Sc2ccccc2)c2ccccc2)cc1. The third kappa shape index (κ3) is 4.98. The topological polar surface area (TPSA) is 12.0 Å². The van der Waals surface area contributed by atoms with Crippen LogP contribution in [0, 0.1) is 0 Å². The Morgan fingerprint density at radius 2 is 1.26 bits per heavy atom. The van der Waals surface area contributed by atoms with Crippen molar-refractivity contribution in [2.75, 3.05) is 6.54 Å². The first-order chi connectivity index (χ1) is 11.4. The molecule has 3 aromatic carbocycles. The van der Waals surface area contributed by atoms with Crippen molar-refractivity contribution in [3.63, 3.8) is 0 Å². The molecule has 0 amide bonds. The lowest BCUT2D eigenvalue weighted by atomic mass is 10.1. The van der Waals surface area contributed by atoms with Crippen LogP contribution >= 0.6 is 11.8 Å². The minimum Gasteiger partial charge on any atom is -0.311 e. The summed E-state index contributed by atoms with van der Waals surface area (Å²) in [4.78, 5) is 1.31. The lowest BCUT2D eigenvalue weighted by Gasteiger charge is -2.18. The van der Waals surface area contributed by atoms with Crippen molar-refractivity contribution in [1.82, 2.24) is 5.32 Å². The van der Waals surface area contributed by atoms with Gasteiger partial charge in [0.25, 0.3) is 0 Å². The van der Waals surface area contributed by atoms with Gasteiger partial charge in [-0.1, -0.05) is 78.9 Å². The van der Waals surface area contributed by atoms with Crippen molar-refractivity contribution < 1.29 is 0 Å². The predicted molar refractivity (Wildman–Crippen MR) is 99.6 cm³/mol. The Morgan fingerprint density at radius 3 is 1.91 bits per heavy atom. The first-order valence-electron chi connectivity index (χ1n) is 7.93. The van der Waals surface area contributed by atoms with Crippen LogP contribution in [0.4, 0.5) is 0 Å². The molecule has 0 aliphatic carbocycles. The zero-order valence-electron chi connectivity index (χ0n) is 13.1. The van der Waals surface area contributed by atoms with Gasteiger partial charge in [-0.25, -0.2) is 0 Å². The van der Waals surface area contributed by atoms with Crippen molar-refractivity contribution in [1.29, 1.82) is 0 Å². The number of nitrogens with one attached hydrogen (secondary N) is 1. The molecule has 0 saturated carbocycles. The van der Waals surface area contributed by atoms with Gasteiger partial charge in [0.15, 0.2) is 0 Å². The number of thioether (sulfide) groups is 1. The summed E-state index contributed by atoms with van der Waals surface area (Å²) in [6.45, 7) is 1.85. The Balaban J connectivity index is 1.65. The summed E-state index contributed by atoms with van der Waals surface area (Å²) in [6.07, 6.45) is 0. The van der Waals surface area contributed by atoms with Gasteiger partial charge in [-0.05, 0) is 23.3 Å². The molecule has 0 heterocycles. The smallest absolute Gasteiger partial charge is 0.0469 e. The highest BCUT2D eigenvalue weighted by Crippen LogP contribution is 2.34. The van der Waals surface area contributed by atoms with Crippen molar-refractivity contribution in [3.05, 3.63) is 102 Å². The van der Waals surface area contributed by atoms with Crippen molar-refractivity contribution in [2.45, 2.75) is 16.7 Å². The van der Waals surface area contributed by atoms with E-state index in [2.05, 4.69) is 96.3 Å². The van der Waals surface area contributed by atoms with E-state index in [1.54, 1.807) is 0 Å². The quantitative estimate of drug-likeness (QED) is 0.592. The molecule has 3 aromatic rings. The number of rotatable bonds is 7. The van der Waals surface area contributed by atoms with Gasteiger partial charge < -0.3 is 5.32 Å². The van der Waals surface area contributed by atoms with E-state index in [4.69, 9.17) is 0 Å². The molecule has 3 rings (SSSR count). The zero-order valence-corrected chi connectivity index (χ0v) is 13.9. The Labute approximate surface area is 142 Å². The monoisotopic (exact) mass is 319 g/mol. The first-order valence-corrected chi connectivity index (χ1v) is 8.81. The molecule has 1 nitrogen and oxygen atoms in total. The van der Waals surface area contributed by atoms with Gasteiger partial charge >= 0.3 is 0 Å². The molecular weight excluding hydrogens is 298 g/mol. The van der Waals surface area contributed by atoms with Crippen LogP contribution in [0.5, 0.6) is 0 Å². The first kappa shape index (κ1) is 15.9. The molecule has 1 unspecified atom stereocenters. The minimum absolute atomic E-state index is 0.405. The molecule has 0 aliphatic rings. The molecule has 0 aliphatic heterocycles. The molecular formula is C21H21NS. The van der Waals surface area contributed by atoms with Crippen molar-refractivity contribution >= 4 is 11.8 Å². The molecule has 0 spiro atoms. The van der Waals surface area contributed by atoms with Crippen molar-refractivity contribution in [3.8, 4) is 0 Å². The van der Waals surface area contributed by atoms with E-state index < -0.39 is 0 Å². The van der Waals surface area contributed by atoms with E-state index >= 15 is 0 Å². The average Bonchev–Trinajstić information content (AvgIpc) is 2.63. The Kier molecular flexibility index (Phi) is 5.90. The molecule has 1 atom stereocenters. The number of benzene rings is 3. The van der Waals surface area contributed by atoms with Crippen LogP contribution < -0.4 is 5.32 Å². The maximum atomic E-state index is 3.60. The molecule has 23 heavy (non-hydrogen) atoms. The maximum Gasteiger partial charge on any atom is 0.0469 e. The lowest BCUT2D eigenvalue weighted by Crippen LogP contribution is -2.19. The third-order valence-electron chi connectivity index (χ3n) is 3.69. The molecule has 0 fully saturated rings. The Hall–Kier alpha value is -2.03. The highest BCUT2D eigenvalue weighted by Gasteiger charge is 2.12. The van der Waals surface area contributed by atoms with Crippen molar-refractivity contribution in [2.24, 2.45) is 0 Å². The molecule has 0 radical (unpaired) electrons. The molecule has 0 saturated heterocycles. The van der Waals surface area contributed by atoms with Gasteiger partial charge in [0, 0.05) is 23.2 Å². The van der Waals surface area contributed by atoms with Crippen LogP contribution in [0.1, 0.15) is 16.4 Å². The van der Waals surface area contributed by atoms with Crippen LogP contribution in [-0.2, 0) is 6.54 Å². The van der Waals surface area contributed by atoms with E-state index in [1.165, 1.54) is 16.0 Å². The summed E-state index contributed by atoms with van der Waals surface area (Å²) >= 11 is 1.91. The van der Waals surface area contributed by atoms with Crippen LogP contribution in [-0.4, -0.2) is 6.54 Å². The van der Waals surface area contributed by atoms with Crippen LogP contribution in [0.25, 0.3) is 0 Å². The number of hydrogen-bond donors (Lipinski definition) is 1. The standard InChI is InChI=1S/C21H21NS/c1-4-10-18(11-5-1)16-22-17-21(19-12-6-2-7-13-19)23-20-14-8-3-9-15-20/h1-15,21-22H,16-17H2. The fraction of sp³-hybridized carbons (Fsp3) is 0.143. The van der Waals surface area contributed by atoms with Gasteiger partial charge in [-0.2, -0.15) is 0 Å². The summed E-state index contributed by atoms with van der Waals surface area (Å²) in [6, 6.07) is 31.9. The van der Waals surface area contributed by atoms with E-state index in [-0.39, 0.29) is 0 Å². The summed E-state index contributed by atoms with van der Waals surface area (Å²) in [5.41, 5.74) is 2.69. The van der Waals surface area contributed by atoms with Crippen LogP contribution in [0.2, 0.25) is 0 Å². The van der Waals surface area contributed by atoms with Gasteiger partial charge in [-0.3, -0.25) is 0 Å². The summed E-state index contributed by atoms with van der Waals surface area (Å²) in [7, 11) is 0. The maximum absolute atomic E-state index is 3.60. The van der Waals surface area contributed by atoms with Crippen LogP contribution in [0.15, 0.2) is 95.9 Å². The van der Waals surface area contributed by atoms with E-state index in [1.807, 2.05) is 11.8 Å². The average molecular weight is 319 g/mol. The summed E-state index contributed by atoms with van der Waals surface area (Å²) < 4.78 is 0. The van der Waals surface area contributed by atoms with Gasteiger partial charge in [0.1, 0.15) is 0 Å². The highest BCUT2D eigenvalue weighted by atomic mass is 32.2. The Morgan fingerprint density at radius 1 is 0.696 bits per heavy atom. The molecule has 0 aromatic heterocycles. The summed E-state index contributed by atoms with van der Waals surface area (Å²) in [5, 5.41) is 4.00. The van der Waals surface area contributed by atoms with Gasteiger partial charge in [0.05, 0.1) is 0 Å². The zero-order chi connectivity index (χ0) is 15.7. The predicted octanol–water partition coefficient (Wildman–Crippen LogP) is 5.31. The van der Waals surface area contributed by atoms with E-state index in [9.17, 15) is 0 Å². The Bertz CT molecular complexity index is 683. The second-order valence-electron chi connectivity index (χ2n) is 5.45. The molecule has 1 N–H and O–H groups in total. The van der Waals surface area contributed by atoms with Gasteiger partial charge in [-0.15, -0.1) is 11.8 Å². The van der Waals surface area contributed by atoms with E-state index in [0.29, 0.717) is 5.25 Å². The summed E-state index contributed by atoms with van der Waals surface area (Å²) in [5.74, 6) is 0. The number of hydrogen-bond acceptors (Lipinski definition) is 2. The highest BCUT2D eigenvalue weighted by molar-refractivity contribution is 7.99. The molecule has 2 heteroatoms. The fourth-order valence-corrected chi connectivity index (χ4v) is 3.64. The fourth-order valence-electron chi connectivity index (χ4n) is 2.50.